The monoisotopic (exact) mass is 340 g/mol. The molecule has 0 bridgehead atoms. The third-order valence-electron chi connectivity index (χ3n) is 4.08. The van der Waals surface area contributed by atoms with Gasteiger partial charge in [0.15, 0.2) is 0 Å². The molecular weight excluding hydrogens is 316 g/mol. The summed E-state index contributed by atoms with van der Waals surface area (Å²) in [5.74, 6) is 1.77. The molecule has 1 heterocycles. The Morgan fingerprint density at radius 3 is 2.45 bits per heavy atom. The average molecular weight is 341 g/mol. The first-order valence-electron chi connectivity index (χ1n) is 7.63. The summed E-state index contributed by atoms with van der Waals surface area (Å²) in [4.78, 5) is 8.63. The molecule has 5 heteroatoms. The second kappa shape index (κ2) is 7.25. The van der Waals surface area contributed by atoms with E-state index in [2.05, 4.69) is 50.4 Å². The molecule has 0 unspecified atom stereocenters. The quantitative estimate of drug-likeness (QED) is 0.803. The highest BCUT2D eigenvalue weighted by Crippen LogP contribution is 2.36. The number of rotatable bonds is 6. The fourth-order valence-corrected chi connectivity index (χ4v) is 3.22. The summed E-state index contributed by atoms with van der Waals surface area (Å²) in [6.07, 6.45) is 9.41. The largest absolute Gasteiger partial charge is 0.369 e. The predicted octanol–water partition coefficient (Wildman–Crippen LogP) is 4.44. The van der Waals surface area contributed by atoms with Crippen LogP contribution in [0, 0.1) is 5.41 Å². The van der Waals surface area contributed by atoms with E-state index in [4.69, 9.17) is 0 Å². The minimum atomic E-state index is 0.402. The highest BCUT2D eigenvalue weighted by molar-refractivity contribution is 9.10. The van der Waals surface area contributed by atoms with E-state index < -0.39 is 0 Å². The molecule has 20 heavy (non-hydrogen) atoms. The van der Waals surface area contributed by atoms with Crippen LogP contribution in [0.3, 0.4) is 0 Å². The number of nitrogens with zero attached hydrogens (tertiary/aromatic N) is 2. The molecule has 2 rings (SSSR count). The maximum atomic E-state index is 4.35. The summed E-state index contributed by atoms with van der Waals surface area (Å²) in [7, 11) is 0. The van der Waals surface area contributed by atoms with Crippen molar-refractivity contribution in [3.05, 3.63) is 10.8 Å². The van der Waals surface area contributed by atoms with E-state index in [0.717, 1.165) is 35.6 Å². The van der Waals surface area contributed by atoms with Gasteiger partial charge in [-0.15, -0.1) is 0 Å². The minimum Gasteiger partial charge on any atom is -0.369 e. The van der Waals surface area contributed by atoms with Crippen LogP contribution in [0.1, 0.15) is 52.4 Å². The molecule has 1 aliphatic rings. The first kappa shape index (κ1) is 15.5. The topological polar surface area (TPSA) is 49.8 Å². The van der Waals surface area contributed by atoms with E-state index in [1.165, 1.54) is 32.1 Å². The van der Waals surface area contributed by atoms with Gasteiger partial charge < -0.3 is 10.6 Å². The number of hydrogen-bond donors (Lipinski definition) is 2. The van der Waals surface area contributed by atoms with Crippen LogP contribution in [0.15, 0.2) is 10.8 Å². The molecule has 112 valence electrons. The molecule has 0 atom stereocenters. The van der Waals surface area contributed by atoms with Crippen molar-refractivity contribution in [2.45, 2.75) is 52.4 Å². The van der Waals surface area contributed by atoms with E-state index in [-0.39, 0.29) is 0 Å². The first-order valence-corrected chi connectivity index (χ1v) is 8.42. The van der Waals surface area contributed by atoms with Crippen LogP contribution in [0.2, 0.25) is 0 Å². The molecule has 1 aromatic rings. The van der Waals surface area contributed by atoms with Crippen molar-refractivity contribution in [2.24, 2.45) is 5.41 Å². The van der Waals surface area contributed by atoms with Gasteiger partial charge in [0.1, 0.15) is 22.4 Å². The molecule has 4 nitrogen and oxygen atoms in total. The van der Waals surface area contributed by atoms with Crippen molar-refractivity contribution in [1.29, 1.82) is 0 Å². The first-order chi connectivity index (χ1) is 9.64. The lowest BCUT2D eigenvalue weighted by Gasteiger charge is -2.34. The number of halogens is 1. The summed E-state index contributed by atoms with van der Waals surface area (Å²) >= 11 is 3.60. The smallest absolute Gasteiger partial charge is 0.145 e. The fourth-order valence-electron chi connectivity index (χ4n) is 2.74. The van der Waals surface area contributed by atoms with Gasteiger partial charge in [-0.2, -0.15) is 0 Å². The highest BCUT2D eigenvalue weighted by atomic mass is 79.9. The Morgan fingerprint density at radius 1 is 1.15 bits per heavy atom. The lowest BCUT2D eigenvalue weighted by molar-refractivity contribution is 0.233. The van der Waals surface area contributed by atoms with Gasteiger partial charge >= 0.3 is 0 Å². The number of hydrogen-bond acceptors (Lipinski definition) is 4. The third-order valence-corrected chi connectivity index (χ3v) is 4.83. The van der Waals surface area contributed by atoms with Gasteiger partial charge in [0, 0.05) is 13.1 Å². The number of aromatic nitrogens is 2. The summed E-state index contributed by atoms with van der Waals surface area (Å²) in [5, 5.41) is 6.81. The molecular formula is C15H25BrN4. The van der Waals surface area contributed by atoms with E-state index in [0.29, 0.717) is 5.41 Å². The Bertz CT molecular complexity index is 430. The van der Waals surface area contributed by atoms with Crippen molar-refractivity contribution in [2.75, 3.05) is 23.7 Å². The fraction of sp³-hybridized carbons (Fsp3) is 0.733. The molecule has 1 aromatic heterocycles. The molecule has 2 N–H and O–H groups in total. The zero-order valence-corrected chi connectivity index (χ0v) is 14.1. The Labute approximate surface area is 130 Å². The van der Waals surface area contributed by atoms with Crippen molar-refractivity contribution < 1.29 is 0 Å². The average Bonchev–Trinajstić information content (AvgIpc) is 2.46. The van der Waals surface area contributed by atoms with Crippen LogP contribution in [0.5, 0.6) is 0 Å². The summed E-state index contributed by atoms with van der Waals surface area (Å²) in [6, 6.07) is 0. The van der Waals surface area contributed by atoms with Gasteiger partial charge in [-0.05, 0) is 40.6 Å². The van der Waals surface area contributed by atoms with Crippen LogP contribution < -0.4 is 10.6 Å². The minimum absolute atomic E-state index is 0.402. The van der Waals surface area contributed by atoms with E-state index in [1.807, 2.05) is 0 Å². The van der Waals surface area contributed by atoms with Gasteiger partial charge in [-0.1, -0.05) is 33.1 Å². The summed E-state index contributed by atoms with van der Waals surface area (Å²) in [6.45, 7) is 6.43. The standard InChI is InChI=1S/C15H25BrN4/c1-3-9-17-13-12(16)14(20-11-19-13)18-10-15(2)7-5-4-6-8-15/h11H,3-10H2,1-2H3,(H2,17,18,19,20). The second-order valence-electron chi connectivity index (χ2n) is 6.04. The Balaban J connectivity index is 1.98. The molecule has 0 spiro atoms. The predicted molar refractivity (Wildman–Crippen MR) is 88.2 cm³/mol. The van der Waals surface area contributed by atoms with Crippen LogP contribution in [0.4, 0.5) is 11.6 Å². The Morgan fingerprint density at radius 2 is 1.80 bits per heavy atom. The van der Waals surface area contributed by atoms with Crippen LogP contribution in [-0.4, -0.2) is 23.1 Å². The van der Waals surface area contributed by atoms with Crippen LogP contribution in [0.25, 0.3) is 0 Å². The summed E-state index contributed by atoms with van der Waals surface area (Å²) < 4.78 is 0.938. The second-order valence-corrected chi connectivity index (χ2v) is 6.83. The highest BCUT2D eigenvalue weighted by Gasteiger charge is 2.26. The Kier molecular flexibility index (Phi) is 5.64. The van der Waals surface area contributed by atoms with Gasteiger partial charge in [-0.3, -0.25) is 0 Å². The zero-order chi connectivity index (χ0) is 14.4. The SMILES string of the molecule is CCCNc1ncnc(NCC2(C)CCCCC2)c1Br. The molecule has 1 aliphatic carbocycles. The molecule has 1 saturated carbocycles. The maximum Gasteiger partial charge on any atom is 0.145 e. The normalized spacial score (nSPS) is 17.8. The molecule has 0 aromatic carbocycles. The van der Waals surface area contributed by atoms with Crippen molar-refractivity contribution in [3.63, 3.8) is 0 Å². The summed E-state index contributed by atoms with van der Waals surface area (Å²) in [5.41, 5.74) is 0.402. The van der Waals surface area contributed by atoms with Gasteiger partial charge in [0.25, 0.3) is 0 Å². The Hall–Kier alpha value is -0.840. The van der Waals surface area contributed by atoms with E-state index >= 15 is 0 Å². The lowest BCUT2D eigenvalue weighted by atomic mass is 9.76. The molecule has 1 fully saturated rings. The van der Waals surface area contributed by atoms with Gasteiger partial charge in [-0.25, -0.2) is 9.97 Å². The maximum absolute atomic E-state index is 4.35. The molecule has 0 radical (unpaired) electrons. The van der Waals surface area contributed by atoms with Crippen molar-refractivity contribution >= 4 is 27.6 Å². The van der Waals surface area contributed by atoms with Crippen molar-refractivity contribution in [1.82, 2.24) is 9.97 Å². The van der Waals surface area contributed by atoms with E-state index in [1.54, 1.807) is 6.33 Å². The van der Waals surface area contributed by atoms with Crippen molar-refractivity contribution in [3.8, 4) is 0 Å². The zero-order valence-electron chi connectivity index (χ0n) is 12.5. The van der Waals surface area contributed by atoms with Gasteiger partial charge in [0.05, 0.1) is 0 Å². The third kappa shape index (κ3) is 4.08. The molecule has 0 saturated heterocycles. The molecule has 0 amide bonds. The number of anilines is 2. The molecule has 0 aliphatic heterocycles. The van der Waals surface area contributed by atoms with E-state index in [9.17, 15) is 0 Å². The van der Waals surface area contributed by atoms with Crippen LogP contribution in [-0.2, 0) is 0 Å². The van der Waals surface area contributed by atoms with Crippen LogP contribution >= 0.6 is 15.9 Å². The lowest BCUT2D eigenvalue weighted by Crippen LogP contribution is -2.29. The number of nitrogens with one attached hydrogen (secondary N) is 2. The van der Waals surface area contributed by atoms with Gasteiger partial charge in [0.2, 0.25) is 0 Å².